The third kappa shape index (κ3) is 1.89. The Balaban J connectivity index is 2.79. The minimum atomic E-state index is -2.47. The lowest BCUT2D eigenvalue weighted by molar-refractivity contribution is 0.121. The third-order valence-corrected chi connectivity index (χ3v) is 1.88. The maximum atomic E-state index is 11.7. The lowest BCUT2D eigenvalue weighted by Crippen LogP contribution is -2.07. The van der Waals surface area contributed by atoms with Crippen LogP contribution < -0.4 is 0 Å². The molecule has 0 aliphatic heterocycles. The van der Waals surface area contributed by atoms with E-state index in [0.717, 1.165) is 10.9 Å². The predicted molar refractivity (Wildman–Crippen MR) is 37.6 cm³/mol. The van der Waals surface area contributed by atoms with Crippen molar-refractivity contribution in [2.45, 2.75) is 13.0 Å². The van der Waals surface area contributed by atoms with Crippen LogP contribution >= 0.6 is 15.9 Å². The van der Waals surface area contributed by atoms with Gasteiger partial charge in [0, 0.05) is 0 Å². The van der Waals surface area contributed by atoms with Crippen LogP contribution in [0.3, 0.4) is 0 Å². The Morgan fingerprint density at radius 3 is 2.73 bits per heavy atom. The van der Waals surface area contributed by atoms with E-state index in [9.17, 15) is 8.78 Å². The molecule has 0 amide bonds. The van der Waals surface area contributed by atoms with Crippen LogP contribution in [0.4, 0.5) is 8.78 Å². The van der Waals surface area contributed by atoms with Crippen molar-refractivity contribution < 1.29 is 13.9 Å². The molecule has 0 bridgehead atoms. The first-order valence-electron chi connectivity index (χ1n) is 2.79. The molecule has 0 radical (unpaired) electrons. The first-order valence-corrected chi connectivity index (χ1v) is 3.59. The fourth-order valence-electron chi connectivity index (χ4n) is 0.619. The summed E-state index contributed by atoms with van der Waals surface area (Å²) >= 11 is 2.90. The number of aromatic hydroxyl groups is 1. The highest BCUT2D eigenvalue weighted by Crippen LogP contribution is 2.22. The topological polar surface area (TPSA) is 38.1 Å². The zero-order chi connectivity index (χ0) is 8.43. The molecular formula is C5H5BrF2N2O. The highest BCUT2D eigenvalue weighted by Gasteiger charge is 2.10. The van der Waals surface area contributed by atoms with Gasteiger partial charge >= 0.3 is 0 Å². The number of hydrogen-bond donors (Lipinski definition) is 1. The fourth-order valence-corrected chi connectivity index (χ4v) is 0.957. The molecule has 0 saturated heterocycles. The van der Waals surface area contributed by atoms with Crippen molar-refractivity contribution in [3.8, 4) is 5.75 Å². The lowest BCUT2D eigenvalue weighted by atomic mass is 10.6. The van der Waals surface area contributed by atoms with Crippen LogP contribution in [-0.2, 0) is 6.54 Å². The maximum Gasteiger partial charge on any atom is 0.257 e. The number of halogens is 3. The second-order valence-corrected chi connectivity index (χ2v) is 2.64. The van der Waals surface area contributed by atoms with E-state index in [0.29, 0.717) is 0 Å². The van der Waals surface area contributed by atoms with E-state index in [2.05, 4.69) is 21.0 Å². The molecule has 0 aliphatic rings. The summed E-state index contributed by atoms with van der Waals surface area (Å²) in [7, 11) is 0. The average Bonchev–Trinajstić information content (AvgIpc) is 2.18. The van der Waals surface area contributed by atoms with Crippen molar-refractivity contribution in [2.24, 2.45) is 0 Å². The Morgan fingerprint density at radius 2 is 2.36 bits per heavy atom. The van der Waals surface area contributed by atoms with Crippen molar-refractivity contribution >= 4 is 15.9 Å². The third-order valence-electron chi connectivity index (χ3n) is 1.07. The van der Waals surface area contributed by atoms with Crippen LogP contribution in [0.2, 0.25) is 0 Å². The van der Waals surface area contributed by atoms with E-state index in [1.54, 1.807) is 0 Å². The van der Waals surface area contributed by atoms with Crippen LogP contribution in [0, 0.1) is 0 Å². The molecule has 0 spiro atoms. The van der Waals surface area contributed by atoms with Gasteiger partial charge in [0.1, 0.15) is 11.1 Å². The van der Waals surface area contributed by atoms with Crippen molar-refractivity contribution in [1.82, 2.24) is 9.78 Å². The Morgan fingerprint density at radius 1 is 1.73 bits per heavy atom. The van der Waals surface area contributed by atoms with E-state index in [1.165, 1.54) is 0 Å². The zero-order valence-electron chi connectivity index (χ0n) is 5.34. The monoisotopic (exact) mass is 226 g/mol. The first kappa shape index (κ1) is 8.45. The molecule has 62 valence electrons. The minimum absolute atomic E-state index is 0.134. The molecule has 6 heteroatoms. The van der Waals surface area contributed by atoms with Crippen molar-refractivity contribution in [2.75, 3.05) is 0 Å². The molecular weight excluding hydrogens is 222 g/mol. The van der Waals surface area contributed by atoms with Crippen LogP contribution in [-0.4, -0.2) is 21.3 Å². The summed E-state index contributed by atoms with van der Waals surface area (Å²) in [5.74, 6) is -0.134. The standard InChI is InChI=1S/C5H5BrF2N2O/c6-5-3(11)1-9-10(5)2-4(7)8/h1,4,11H,2H2. The molecule has 0 unspecified atom stereocenters. The van der Waals surface area contributed by atoms with Crippen LogP contribution in [0.1, 0.15) is 0 Å². The van der Waals surface area contributed by atoms with Crippen molar-refractivity contribution in [1.29, 1.82) is 0 Å². The van der Waals surface area contributed by atoms with Gasteiger partial charge in [0.25, 0.3) is 6.43 Å². The van der Waals surface area contributed by atoms with Gasteiger partial charge in [-0.2, -0.15) is 5.10 Å². The Bertz CT molecular complexity index is 251. The molecule has 0 aromatic carbocycles. The molecule has 1 N–H and O–H groups in total. The lowest BCUT2D eigenvalue weighted by Gasteiger charge is -2.00. The normalized spacial score (nSPS) is 10.9. The number of aromatic nitrogens is 2. The van der Waals surface area contributed by atoms with E-state index in [-0.39, 0.29) is 10.4 Å². The number of nitrogens with zero attached hydrogens (tertiary/aromatic N) is 2. The maximum absolute atomic E-state index is 11.7. The largest absolute Gasteiger partial charge is 0.504 e. The molecule has 1 heterocycles. The first-order chi connectivity index (χ1) is 5.11. The van der Waals surface area contributed by atoms with Crippen LogP contribution in [0.25, 0.3) is 0 Å². The van der Waals surface area contributed by atoms with Crippen molar-refractivity contribution in [3.63, 3.8) is 0 Å². The molecule has 0 aliphatic carbocycles. The quantitative estimate of drug-likeness (QED) is 0.833. The smallest absolute Gasteiger partial charge is 0.257 e. The summed E-state index contributed by atoms with van der Waals surface area (Å²) in [5, 5.41) is 12.4. The summed E-state index contributed by atoms with van der Waals surface area (Å²) in [4.78, 5) is 0. The van der Waals surface area contributed by atoms with E-state index >= 15 is 0 Å². The Kier molecular flexibility index (Phi) is 2.43. The van der Waals surface area contributed by atoms with Crippen LogP contribution in [0.15, 0.2) is 10.8 Å². The summed E-state index contributed by atoms with van der Waals surface area (Å²) < 4.78 is 24.7. The van der Waals surface area contributed by atoms with Gasteiger partial charge < -0.3 is 5.11 Å². The Labute approximate surface area is 69.8 Å². The molecule has 3 nitrogen and oxygen atoms in total. The molecule has 1 aromatic rings. The predicted octanol–water partition coefficient (Wildman–Crippen LogP) is 1.62. The zero-order valence-corrected chi connectivity index (χ0v) is 6.92. The van der Waals surface area contributed by atoms with Crippen molar-refractivity contribution in [3.05, 3.63) is 10.8 Å². The van der Waals surface area contributed by atoms with Gasteiger partial charge in [-0.3, -0.25) is 0 Å². The SMILES string of the molecule is Oc1cnn(CC(F)F)c1Br. The highest BCUT2D eigenvalue weighted by atomic mass is 79.9. The molecule has 0 atom stereocenters. The summed E-state index contributed by atoms with van der Waals surface area (Å²) in [5.41, 5.74) is 0. The number of alkyl halides is 2. The van der Waals surface area contributed by atoms with E-state index in [1.807, 2.05) is 0 Å². The van der Waals surface area contributed by atoms with E-state index < -0.39 is 13.0 Å². The van der Waals surface area contributed by atoms with Gasteiger partial charge in [-0.25, -0.2) is 13.5 Å². The fraction of sp³-hybridized carbons (Fsp3) is 0.400. The highest BCUT2D eigenvalue weighted by molar-refractivity contribution is 9.10. The van der Waals surface area contributed by atoms with Gasteiger partial charge in [-0.1, -0.05) is 0 Å². The van der Waals surface area contributed by atoms with Gasteiger partial charge in [-0.15, -0.1) is 0 Å². The second kappa shape index (κ2) is 3.17. The van der Waals surface area contributed by atoms with Gasteiger partial charge in [0.2, 0.25) is 0 Å². The Hall–Kier alpha value is -0.650. The average molecular weight is 227 g/mol. The summed E-state index contributed by atoms with van der Waals surface area (Å²) in [6.07, 6.45) is -1.36. The molecule has 11 heavy (non-hydrogen) atoms. The summed E-state index contributed by atoms with van der Waals surface area (Å²) in [6.45, 7) is -0.513. The van der Waals surface area contributed by atoms with Gasteiger partial charge in [-0.05, 0) is 15.9 Å². The number of hydrogen-bond acceptors (Lipinski definition) is 2. The van der Waals surface area contributed by atoms with Crippen LogP contribution in [0.5, 0.6) is 5.75 Å². The second-order valence-electron chi connectivity index (χ2n) is 1.89. The van der Waals surface area contributed by atoms with Gasteiger partial charge in [0.05, 0.1) is 6.20 Å². The molecule has 0 saturated carbocycles. The minimum Gasteiger partial charge on any atom is -0.504 e. The molecule has 1 aromatic heterocycles. The van der Waals surface area contributed by atoms with Gasteiger partial charge in [0.15, 0.2) is 5.75 Å². The van der Waals surface area contributed by atoms with E-state index in [4.69, 9.17) is 5.11 Å². The number of rotatable bonds is 2. The molecule has 1 rings (SSSR count). The molecule has 0 fully saturated rings. The summed E-state index contributed by atoms with van der Waals surface area (Å²) in [6, 6.07) is 0.